The minimum atomic E-state index is -1.16. The smallest absolute Gasteiger partial charge is 0.317 e. The number of benzene rings is 2. The van der Waals surface area contributed by atoms with Crippen LogP contribution in [-0.2, 0) is 10.3 Å². The number of nitrogens with zero attached hydrogens (tertiary/aromatic N) is 1. The van der Waals surface area contributed by atoms with E-state index in [1.54, 1.807) is 0 Å². The summed E-state index contributed by atoms with van der Waals surface area (Å²) in [6.07, 6.45) is 3.54. The highest BCUT2D eigenvalue weighted by atomic mass is 16.2. The molecule has 0 bridgehead atoms. The van der Waals surface area contributed by atoms with Crippen LogP contribution < -0.4 is 10.2 Å². The van der Waals surface area contributed by atoms with E-state index >= 15 is 0 Å². The third kappa shape index (κ3) is 3.10. The lowest BCUT2D eigenvalue weighted by Crippen LogP contribution is -3.14. The second-order valence-corrected chi connectivity index (χ2v) is 8.05. The summed E-state index contributed by atoms with van der Waals surface area (Å²) in [6, 6.07) is 15.3. The van der Waals surface area contributed by atoms with Crippen LogP contribution in [0.1, 0.15) is 41.5 Å². The summed E-state index contributed by atoms with van der Waals surface area (Å²) in [7, 11) is 0. The van der Waals surface area contributed by atoms with E-state index in [1.165, 1.54) is 21.8 Å². The molecule has 0 saturated carbocycles. The summed E-state index contributed by atoms with van der Waals surface area (Å²) < 4.78 is 0. The topological polar surface area (TPSA) is 53.9 Å². The van der Waals surface area contributed by atoms with Gasteiger partial charge in [-0.15, -0.1) is 0 Å². The van der Waals surface area contributed by atoms with Crippen LogP contribution in [0.5, 0.6) is 0 Å². The summed E-state index contributed by atoms with van der Waals surface area (Å²) in [5.74, 6) is -0.176. The Balaban J connectivity index is 1.77. The minimum Gasteiger partial charge on any atom is -0.317 e. The molecule has 4 rings (SSSR count). The Kier molecular flexibility index (Phi) is 4.94. The van der Waals surface area contributed by atoms with Crippen molar-refractivity contribution in [2.24, 2.45) is 0 Å². The van der Waals surface area contributed by atoms with Crippen molar-refractivity contribution in [2.45, 2.75) is 38.6 Å². The quantitative estimate of drug-likeness (QED) is 0.801. The molecule has 2 heterocycles. The van der Waals surface area contributed by atoms with E-state index in [9.17, 15) is 9.59 Å². The second kappa shape index (κ2) is 7.40. The molecule has 2 aromatic rings. The molecule has 2 aliphatic heterocycles. The maximum Gasteiger partial charge on any atom is 0.330 e. The second-order valence-electron chi connectivity index (χ2n) is 8.05. The molecule has 0 aromatic heterocycles. The van der Waals surface area contributed by atoms with Gasteiger partial charge < -0.3 is 10.2 Å². The van der Waals surface area contributed by atoms with Gasteiger partial charge in [0.15, 0.2) is 12.2 Å². The molecule has 0 spiro atoms. The van der Waals surface area contributed by atoms with Crippen LogP contribution in [0.15, 0.2) is 48.5 Å². The van der Waals surface area contributed by atoms with Gasteiger partial charge >= 0.3 is 6.03 Å². The van der Waals surface area contributed by atoms with E-state index in [1.807, 2.05) is 55.5 Å². The molecule has 0 unspecified atom stereocenters. The largest absolute Gasteiger partial charge is 0.330 e. The van der Waals surface area contributed by atoms with E-state index < -0.39 is 5.54 Å². The van der Waals surface area contributed by atoms with E-state index in [0.717, 1.165) is 42.6 Å². The number of piperidine rings is 1. The van der Waals surface area contributed by atoms with Crippen LogP contribution in [-0.4, -0.2) is 36.6 Å². The number of hydrogen-bond acceptors (Lipinski definition) is 2. The highest BCUT2D eigenvalue weighted by molar-refractivity contribution is 6.09. The first-order valence-corrected chi connectivity index (χ1v) is 10.1. The Morgan fingerprint density at radius 3 is 2.32 bits per heavy atom. The first-order valence-electron chi connectivity index (χ1n) is 10.1. The number of urea groups is 1. The first-order chi connectivity index (χ1) is 13.5. The molecule has 146 valence electrons. The van der Waals surface area contributed by atoms with Crippen molar-refractivity contribution in [3.05, 3.63) is 70.8 Å². The number of likely N-dealkylation sites (tertiary alicyclic amines) is 1. The van der Waals surface area contributed by atoms with Gasteiger partial charge in [-0.2, -0.15) is 0 Å². The standard InChI is InChI=1S/C23H27N3O2/c1-17-11-12-20(15-18(17)2)23(19-9-5-3-6-10-19)21(27)26(22(28)24-23)16-25-13-7-4-8-14-25/h3,5-6,9-12,15H,4,7-8,13-14,16H2,1-2H3,(H,24,28)/p+1/t23-/m1/s1. The normalized spacial score (nSPS) is 23.1. The number of hydrogen-bond donors (Lipinski definition) is 2. The molecule has 1 atom stereocenters. The average Bonchev–Trinajstić information content (AvgIpc) is 2.97. The van der Waals surface area contributed by atoms with Gasteiger partial charge in [-0.25, -0.2) is 9.69 Å². The number of amides is 3. The van der Waals surface area contributed by atoms with Crippen molar-refractivity contribution >= 4 is 11.9 Å². The zero-order valence-corrected chi connectivity index (χ0v) is 16.6. The summed E-state index contributed by atoms with van der Waals surface area (Å²) in [6.45, 7) is 6.55. The highest BCUT2D eigenvalue weighted by Gasteiger charge is 2.54. The monoisotopic (exact) mass is 378 g/mol. The van der Waals surface area contributed by atoms with E-state index in [4.69, 9.17) is 0 Å². The fourth-order valence-electron chi connectivity index (χ4n) is 4.37. The van der Waals surface area contributed by atoms with E-state index in [-0.39, 0.29) is 11.9 Å². The molecule has 28 heavy (non-hydrogen) atoms. The van der Waals surface area contributed by atoms with Crippen LogP contribution in [0.2, 0.25) is 0 Å². The Bertz CT molecular complexity index is 890. The van der Waals surface area contributed by atoms with Crippen molar-refractivity contribution in [3.63, 3.8) is 0 Å². The van der Waals surface area contributed by atoms with Crippen molar-refractivity contribution in [1.82, 2.24) is 10.2 Å². The number of aryl methyl sites for hydroxylation is 2. The van der Waals surface area contributed by atoms with Gasteiger partial charge in [0, 0.05) is 0 Å². The number of rotatable bonds is 4. The number of carbonyl (C=O) groups excluding carboxylic acids is 2. The fourth-order valence-corrected chi connectivity index (χ4v) is 4.37. The summed E-state index contributed by atoms with van der Waals surface area (Å²) in [5.41, 5.74) is 2.73. The van der Waals surface area contributed by atoms with Gasteiger partial charge in [0.05, 0.1) is 13.1 Å². The van der Waals surface area contributed by atoms with Gasteiger partial charge in [0.1, 0.15) is 0 Å². The van der Waals surface area contributed by atoms with Gasteiger partial charge in [-0.1, -0.05) is 48.5 Å². The Morgan fingerprint density at radius 2 is 1.64 bits per heavy atom. The third-order valence-electron chi connectivity index (χ3n) is 6.19. The fraction of sp³-hybridized carbons (Fsp3) is 0.391. The summed E-state index contributed by atoms with van der Waals surface area (Å²) in [5, 5.41) is 3.06. The molecule has 0 aliphatic carbocycles. The molecular weight excluding hydrogens is 350 g/mol. The minimum absolute atomic E-state index is 0.176. The van der Waals surface area contributed by atoms with Crippen molar-refractivity contribution in [1.29, 1.82) is 0 Å². The molecule has 2 saturated heterocycles. The Morgan fingerprint density at radius 1 is 0.929 bits per heavy atom. The zero-order valence-electron chi connectivity index (χ0n) is 16.6. The lowest BCUT2D eigenvalue weighted by molar-refractivity contribution is -0.912. The molecule has 5 heteroatoms. The van der Waals surface area contributed by atoms with Gasteiger partial charge in [0.2, 0.25) is 0 Å². The maximum absolute atomic E-state index is 13.7. The molecule has 2 N–H and O–H groups in total. The molecule has 2 aliphatic rings. The predicted octanol–water partition coefficient (Wildman–Crippen LogP) is 2.13. The van der Waals surface area contributed by atoms with E-state index in [0.29, 0.717) is 6.67 Å². The number of imide groups is 1. The van der Waals surface area contributed by atoms with Crippen LogP contribution in [0.4, 0.5) is 4.79 Å². The highest BCUT2D eigenvalue weighted by Crippen LogP contribution is 2.36. The van der Waals surface area contributed by atoms with Crippen molar-refractivity contribution in [2.75, 3.05) is 19.8 Å². The molecule has 3 amide bonds. The number of nitrogens with one attached hydrogen (secondary N) is 2. The first kappa shape index (κ1) is 18.7. The molecule has 0 radical (unpaired) electrons. The van der Waals surface area contributed by atoms with Gasteiger partial charge in [-0.3, -0.25) is 4.79 Å². The predicted molar refractivity (Wildman–Crippen MR) is 108 cm³/mol. The van der Waals surface area contributed by atoms with Crippen LogP contribution >= 0.6 is 0 Å². The molecule has 2 fully saturated rings. The molecule has 2 aromatic carbocycles. The van der Waals surface area contributed by atoms with Gasteiger partial charge in [0.25, 0.3) is 5.91 Å². The van der Waals surface area contributed by atoms with Gasteiger partial charge in [-0.05, 0) is 55.4 Å². The SMILES string of the molecule is Cc1ccc([C@@]2(c3ccccc3)NC(=O)N(C[NH+]3CCCCC3)C2=O)cc1C. The average molecular weight is 378 g/mol. The molecule has 5 nitrogen and oxygen atoms in total. The third-order valence-corrected chi connectivity index (χ3v) is 6.19. The van der Waals surface area contributed by atoms with Crippen molar-refractivity contribution in [3.8, 4) is 0 Å². The van der Waals surface area contributed by atoms with Crippen LogP contribution in [0.25, 0.3) is 0 Å². The summed E-state index contributed by atoms with van der Waals surface area (Å²) in [4.78, 5) is 29.4. The Labute approximate surface area is 166 Å². The van der Waals surface area contributed by atoms with Crippen LogP contribution in [0.3, 0.4) is 0 Å². The summed E-state index contributed by atoms with van der Waals surface area (Å²) >= 11 is 0. The lowest BCUT2D eigenvalue weighted by Gasteiger charge is -2.30. The number of carbonyl (C=O) groups is 2. The van der Waals surface area contributed by atoms with Crippen molar-refractivity contribution < 1.29 is 14.5 Å². The Hall–Kier alpha value is -2.66. The zero-order chi connectivity index (χ0) is 19.7. The molecular formula is C23H28N3O2+. The van der Waals surface area contributed by atoms with E-state index in [2.05, 4.69) is 12.2 Å². The van der Waals surface area contributed by atoms with Crippen LogP contribution in [0, 0.1) is 13.8 Å². The lowest BCUT2D eigenvalue weighted by atomic mass is 9.81. The number of quaternary nitrogens is 1. The maximum atomic E-state index is 13.7.